The molecule has 0 saturated carbocycles. The van der Waals surface area contributed by atoms with Crippen LogP contribution < -0.4 is 5.32 Å². The second-order valence-electron chi connectivity index (χ2n) is 4.82. The Balaban J connectivity index is 2.24. The van der Waals surface area contributed by atoms with Gasteiger partial charge in [-0.1, -0.05) is 0 Å². The number of nitrogens with one attached hydrogen (secondary N) is 1. The minimum Gasteiger partial charge on any atom is -0.479 e. The highest BCUT2D eigenvalue weighted by Crippen LogP contribution is 2.07. The lowest BCUT2D eigenvalue weighted by molar-refractivity contribution is -0.146. The van der Waals surface area contributed by atoms with Crippen molar-refractivity contribution < 1.29 is 24.6 Å². The molecule has 0 unspecified atom stereocenters. The normalized spacial score (nSPS) is 15.8. The molecule has 20 heavy (non-hydrogen) atoms. The average Bonchev–Trinajstić information content (AvgIpc) is 2.91. The minimum absolute atomic E-state index is 0.00663. The van der Waals surface area contributed by atoms with Gasteiger partial charge in [0.2, 0.25) is 5.91 Å². The summed E-state index contributed by atoms with van der Waals surface area (Å²) in [7, 11) is 1.50. The fourth-order valence-electron chi connectivity index (χ4n) is 1.92. The predicted octanol–water partition coefficient (Wildman–Crippen LogP) is -0.914. The number of amides is 3. The summed E-state index contributed by atoms with van der Waals surface area (Å²) < 4.78 is 0. The van der Waals surface area contributed by atoms with E-state index in [1.165, 1.54) is 11.9 Å². The number of carbonyl (C=O) groups excluding carboxylic acids is 2. The number of likely N-dealkylation sites (N-methyl/N-ethyl adjacent to an activating group) is 1. The van der Waals surface area contributed by atoms with Crippen molar-refractivity contribution in [2.75, 3.05) is 33.2 Å². The maximum atomic E-state index is 11.8. The first-order valence-corrected chi connectivity index (χ1v) is 6.59. The van der Waals surface area contributed by atoms with E-state index in [1.54, 1.807) is 4.90 Å². The molecule has 1 heterocycles. The average molecular weight is 287 g/mol. The molecule has 1 saturated heterocycles. The Kier molecular flexibility index (Phi) is 6.23. The number of nitrogens with zero attached hydrogens (tertiary/aromatic N) is 2. The molecule has 114 valence electrons. The first-order chi connectivity index (χ1) is 9.41. The molecule has 3 amide bonds. The maximum Gasteiger partial charge on any atom is 0.332 e. The third-order valence-electron chi connectivity index (χ3n) is 3.16. The van der Waals surface area contributed by atoms with E-state index in [0.29, 0.717) is 0 Å². The number of aliphatic hydroxyl groups is 1. The number of rotatable bonds is 6. The van der Waals surface area contributed by atoms with Crippen LogP contribution in [0.3, 0.4) is 0 Å². The third kappa shape index (κ3) is 5.04. The van der Waals surface area contributed by atoms with Gasteiger partial charge in [0.15, 0.2) is 6.10 Å². The van der Waals surface area contributed by atoms with Crippen LogP contribution >= 0.6 is 0 Å². The van der Waals surface area contributed by atoms with E-state index in [4.69, 9.17) is 10.2 Å². The summed E-state index contributed by atoms with van der Waals surface area (Å²) in [5, 5.41) is 20.0. The van der Waals surface area contributed by atoms with Crippen molar-refractivity contribution in [1.82, 2.24) is 15.1 Å². The van der Waals surface area contributed by atoms with Crippen LogP contribution in [0.25, 0.3) is 0 Å². The van der Waals surface area contributed by atoms with Crippen LogP contribution in [0.4, 0.5) is 4.79 Å². The third-order valence-corrected chi connectivity index (χ3v) is 3.16. The molecule has 3 N–H and O–H groups in total. The van der Waals surface area contributed by atoms with Crippen LogP contribution in [0.2, 0.25) is 0 Å². The lowest BCUT2D eigenvalue weighted by Gasteiger charge is -2.21. The topological polar surface area (TPSA) is 110 Å². The highest BCUT2D eigenvalue weighted by molar-refractivity contribution is 5.84. The minimum atomic E-state index is -1.49. The molecule has 0 aromatic carbocycles. The second kappa shape index (κ2) is 7.68. The Morgan fingerprint density at radius 3 is 2.45 bits per heavy atom. The number of hydrogen-bond acceptors (Lipinski definition) is 4. The fourth-order valence-corrected chi connectivity index (χ4v) is 1.92. The number of likely N-dealkylation sites (tertiary alicyclic amines) is 1. The summed E-state index contributed by atoms with van der Waals surface area (Å²) in [6, 6.07) is -0.463. The van der Waals surface area contributed by atoms with Crippen LogP contribution in [0.15, 0.2) is 0 Å². The van der Waals surface area contributed by atoms with Crippen LogP contribution in [-0.2, 0) is 9.59 Å². The molecule has 8 heteroatoms. The zero-order valence-electron chi connectivity index (χ0n) is 11.5. The summed E-state index contributed by atoms with van der Waals surface area (Å²) in [5.74, 6) is -1.41. The summed E-state index contributed by atoms with van der Waals surface area (Å²) in [5.41, 5.74) is 0. The molecule has 8 nitrogen and oxygen atoms in total. The zero-order valence-corrected chi connectivity index (χ0v) is 11.5. The van der Waals surface area contributed by atoms with Crippen LogP contribution in [0.1, 0.15) is 19.3 Å². The van der Waals surface area contributed by atoms with Crippen molar-refractivity contribution >= 4 is 17.9 Å². The van der Waals surface area contributed by atoms with E-state index in [9.17, 15) is 14.4 Å². The number of carbonyl (C=O) groups is 3. The van der Waals surface area contributed by atoms with Crippen molar-refractivity contribution in [3.8, 4) is 0 Å². The first kappa shape index (κ1) is 16.2. The molecule has 1 aliphatic heterocycles. The molecule has 1 aliphatic rings. The standard InChI is InChI=1S/C12H21N3O5/c1-14(8-10(17)15-6-2-3-7-15)12(20)13-5-4-9(16)11(18)19/h9,16H,2-8H2,1H3,(H,13,20)(H,18,19)/t9-/m0/s1. The van der Waals surface area contributed by atoms with E-state index in [-0.39, 0.29) is 25.4 Å². The summed E-state index contributed by atoms with van der Waals surface area (Å²) in [4.78, 5) is 36.8. The van der Waals surface area contributed by atoms with Crippen LogP contribution in [-0.4, -0.2) is 77.3 Å². The lowest BCUT2D eigenvalue weighted by atomic mass is 10.2. The molecule has 0 radical (unpaired) electrons. The maximum absolute atomic E-state index is 11.8. The monoisotopic (exact) mass is 287 g/mol. The molecule has 1 atom stereocenters. The quantitative estimate of drug-likeness (QED) is 0.585. The van der Waals surface area contributed by atoms with Crippen molar-refractivity contribution in [1.29, 1.82) is 0 Å². The summed E-state index contributed by atoms with van der Waals surface area (Å²) in [6.45, 7) is 1.50. The Labute approximate surface area is 117 Å². The van der Waals surface area contributed by atoms with Gasteiger partial charge in [0.1, 0.15) is 6.54 Å². The highest BCUT2D eigenvalue weighted by Gasteiger charge is 2.21. The van der Waals surface area contributed by atoms with Crippen LogP contribution in [0, 0.1) is 0 Å². The van der Waals surface area contributed by atoms with E-state index in [1.807, 2.05) is 0 Å². The predicted molar refractivity (Wildman–Crippen MR) is 70.1 cm³/mol. The van der Waals surface area contributed by atoms with Gasteiger partial charge in [0.25, 0.3) is 0 Å². The van der Waals surface area contributed by atoms with Gasteiger partial charge in [-0.3, -0.25) is 4.79 Å². The number of carboxylic acid groups (broad SMARTS) is 1. The molecule has 0 aliphatic carbocycles. The smallest absolute Gasteiger partial charge is 0.332 e. The van der Waals surface area contributed by atoms with E-state index < -0.39 is 18.1 Å². The Morgan fingerprint density at radius 1 is 1.30 bits per heavy atom. The lowest BCUT2D eigenvalue weighted by Crippen LogP contribution is -2.44. The van der Waals surface area contributed by atoms with Gasteiger partial charge in [-0.05, 0) is 12.8 Å². The molecular weight excluding hydrogens is 266 g/mol. The van der Waals surface area contributed by atoms with Crippen molar-refractivity contribution in [3.63, 3.8) is 0 Å². The molecule has 0 bridgehead atoms. The second-order valence-corrected chi connectivity index (χ2v) is 4.82. The van der Waals surface area contributed by atoms with Crippen molar-refractivity contribution in [2.45, 2.75) is 25.4 Å². The fraction of sp³-hybridized carbons (Fsp3) is 0.750. The van der Waals surface area contributed by atoms with Gasteiger partial charge in [-0.2, -0.15) is 0 Å². The molecule has 0 aromatic heterocycles. The van der Waals surface area contributed by atoms with Gasteiger partial charge in [0, 0.05) is 33.1 Å². The Bertz CT molecular complexity index is 368. The van der Waals surface area contributed by atoms with Gasteiger partial charge < -0.3 is 25.3 Å². The van der Waals surface area contributed by atoms with Gasteiger partial charge in [-0.15, -0.1) is 0 Å². The zero-order chi connectivity index (χ0) is 15.1. The Morgan fingerprint density at radius 2 is 1.90 bits per heavy atom. The number of urea groups is 1. The number of hydrogen-bond donors (Lipinski definition) is 3. The highest BCUT2D eigenvalue weighted by atomic mass is 16.4. The van der Waals surface area contributed by atoms with E-state index >= 15 is 0 Å². The van der Waals surface area contributed by atoms with Crippen molar-refractivity contribution in [3.05, 3.63) is 0 Å². The van der Waals surface area contributed by atoms with Gasteiger partial charge in [0.05, 0.1) is 0 Å². The van der Waals surface area contributed by atoms with Crippen LogP contribution in [0.5, 0.6) is 0 Å². The number of carboxylic acids is 1. The van der Waals surface area contributed by atoms with Gasteiger partial charge in [-0.25, -0.2) is 9.59 Å². The molecule has 1 rings (SSSR count). The first-order valence-electron chi connectivity index (χ1n) is 6.59. The molecule has 0 spiro atoms. The van der Waals surface area contributed by atoms with E-state index in [2.05, 4.69) is 5.32 Å². The van der Waals surface area contributed by atoms with E-state index in [0.717, 1.165) is 25.9 Å². The summed E-state index contributed by atoms with van der Waals surface area (Å²) in [6.07, 6.45) is 0.421. The molecule has 1 fully saturated rings. The largest absolute Gasteiger partial charge is 0.479 e. The molecule has 0 aromatic rings. The van der Waals surface area contributed by atoms with Crippen molar-refractivity contribution in [2.24, 2.45) is 0 Å². The number of aliphatic carboxylic acids is 1. The SMILES string of the molecule is CN(CC(=O)N1CCCC1)C(=O)NCC[C@H](O)C(=O)O. The number of aliphatic hydroxyl groups excluding tert-OH is 1. The van der Waals surface area contributed by atoms with Gasteiger partial charge >= 0.3 is 12.0 Å². The summed E-state index contributed by atoms with van der Waals surface area (Å²) >= 11 is 0. The Hall–Kier alpha value is -1.83. The molecular formula is C12H21N3O5.